The lowest BCUT2D eigenvalue weighted by atomic mass is 9.92. The SMILES string of the molecule is C#Cc1c(F)ccc2cc(O)cc(-c3c(F)cc4c(N5CCOCC(C)(O)C5)nc(OC[C@@]5(CN(C)C)CC5(F)F)nc4c3F)c12. The number of halogens is 5. The first-order valence-corrected chi connectivity index (χ1v) is 14.5. The molecule has 1 aromatic heterocycles. The third kappa shape index (κ3) is 5.55. The van der Waals surface area contributed by atoms with Crippen LogP contribution in [0.2, 0.25) is 0 Å². The van der Waals surface area contributed by atoms with Crippen molar-refractivity contribution >= 4 is 27.5 Å². The Morgan fingerprint density at radius 1 is 1.13 bits per heavy atom. The van der Waals surface area contributed by atoms with E-state index in [4.69, 9.17) is 15.9 Å². The number of aliphatic hydroxyl groups is 1. The van der Waals surface area contributed by atoms with Crippen molar-refractivity contribution in [3.63, 3.8) is 0 Å². The van der Waals surface area contributed by atoms with E-state index in [9.17, 15) is 23.4 Å². The topological polar surface area (TPSA) is 91.2 Å². The molecule has 0 bridgehead atoms. The summed E-state index contributed by atoms with van der Waals surface area (Å²) in [6.45, 7) is 1.31. The van der Waals surface area contributed by atoms with Gasteiger partial charge in [0.15, 0.2) is 5.82 Å². The Morgan fingerprint density at radius 3 is 2.54 bits per heavy atom. The van der Waals surface area contributed by atoms with E-state index in [1.807, 2.05) is 0 Å². The highest BCUT2D eigenvalue weighted by Crippen LogP contribution is 2.60. The second-order valence-corrected chi connectivity index (χ2v) is 12.6. The van der Waals surface area contributed by atoms with E-state index in [-0.39, 0.29) is 71.7 Å². The number of hydrogen-bond acceptors (Lipinski definition) is 8. The van der Waals surface area contributed by atoms with Gasteiger partial charge in [-0.15, -0.1) is 6.42 Å². The molecule has 1 aliphatic carbocycles. The predicted octanol–water partition coefficient (Wildman–Crippen LogP) is 5.11. The number of aromatic nitrogens is 2. The van der Waals surface area contributed by atoms with Gasteiger partial charge in [-0.1, -0.05) is 12.0 Å². The summed E-state index contributed by atoms with van der Waals surface area (Å²) in [7, 11) is 3.31. The number of anilines is 1. The van der Waals surface area contributed by atoms with Crippen molar-refractivity contribution in [2.24, 2.45) is 5.41 Å². The van der Waals surface area contributed by atoms with Crippen molar-refractivity contribution in [2.45, 2.75) is 24.9 Å². The van der Waals surface area contributed by atoms with Crippen LogP contribution in [0.25, 0.3) is 32.8 Å². The quantitative estimate of drug-likeness (QED) is 0.213. The lowest BCUT2D eigenvalue weighted by Crippen LogP contribution is -2.42. The van der Waals surface area contributed by atoms with Crippen molar-refractivity contribution in [3.05, 3.63) is 53.3 Å². The van der Waals surface area contributed by atoms with E-state index in [0.717, 1.165) is 18.2 Å². The van der Waals surface area contributed by atoms with E-state index in [0.29, 0.717) is 0 Å². The number of hydrogen-bond donors (Lipinski definition) is 2. The molecule has 2 N–H and O–H groups in total. The smallest absolute Gasteiger partial charge is 0.319 e. The largest absolute Gasteiger partial charge is 0.508 e. The molecule has 1 saturated carbocycles. The van der Waals surface area contributed by atoms with Crippen molar-refractivity contribution < 1.29 is 41.6 Å². The van der Waals surface area contributed by atoms with Crippen molar-refractivity contribution in [2.75, 3.05) is 58.5 Å². The zero-order valence-corrected chi connectivity index (χ0v) is 25.3. The molecule has 6 rings (SSSR count). The van der Waals surface area contributed by atoms with Crippen LogP contribution in [-0.4, -0.2) is 90.2 Å². The lowest BCUT2D eigenvalue weighted by molar-refractivity contribution is -0.0123. The summed E-state index contributed by atoms with van der Waals surface area (Å²) < 4.78 is 87.9. The Labute approximate surface area is 261 Å². The van der Waals surface area contributed by atoms with Gasteiger partial charge in [0, 0.05) is 35.8 Å². The molecule has 2 fully saturated rings. The highest BCUT2D eigenvalue weighted by molar-refractivity contribution is 6.04. The zero-order valence-electron chi connectivity index (χ0n) is 25.3. The van der Waals surface area contributed by atoms with Gasteiger partial charge in [-0.25, -0.2) is 22.0 Å². The summed E-state index contributed by atoms with van der Waals surface area (Å²) in [6, 6.07) is 5.30. The second-order valence-electron chi connectivity index (χ2n) is 12.6. The molecule has 2 aliphatic rings. The summed E-state index contributed by atoms with van der Waals surface area (Å²) in [5.41, 5.74) is -4.46. The molecule has 1 unspecified atom stereocenters. The average molecular weight is 643 g/mol. The molecular weight excluding hydrogens is 611 g/mol. The zero-order chi connectivity index (χ0) is 33.2. The van der Waals surface area contributed by atoms with E-state index in [1.54, 1.807) is 23.9 Å². The van der Waals surface area contributed by atoms with Crippen LogP contribution < -0.4 is 9.64 Å². The van der Waals surface area contributed by atoms with Crippen molar-refractivity contribution in [3.8, 4) is 35.2 Å². The van der Waals surface area contributed by atoms with Crippen LogP contribution >= 0.6 is 0 Å². The van der Waals surface area contributed by atoms with Gasteiger partial charge in [0.05, 0.1) is 36.3 Å². The normalized spacial score (nSPS) is 22.7. The molecule has 242 valence electrons. The van der Waals surface area contributed by atoms with E-state index in [2.05, 4.69) is 15.9 Å². The molecule has 0 radical (unpaired) electrons. The lowest BCUT2D eigenvalue weighted by Gasteiger charge is -2.29. The van der Waals surface area contributed by atoms with Crippen LogP contribution in [0.15, 0.2) is 30.3 Å². The van der Waals surface area contributed by atoms with E-state index < -0.39 is 64.5 Å². The average Bonchev–Trinajstić information content (AvgIpc) is 3.57. The third-order valence-corrected chi connectivity index (χ3v) is 8.36. The van der Waals surface area contributed by atoms with Gasteiger partial charge in [0.1, 0.15) is 40.9 Å². The number of terminal acetylenes is 1. The fraction of sp³-hybridized carbons (Fsp3) is 0.394. The monoisotopic (exact) mass is 642 g/mol. The second kappa shape index (κ2) is 11.2. The molecule has 1 aliphatic heterocycles. The number of alkyl halides is 2. The van der Waals surface area contributed by atoms with Crippen LogP contribution in [0.3, 0.4) is 0 Å². The minimum Gasteiger partial charge on any atom is -0.508 e. The Morgan fingerprint density at radius 2 is 1.87 bits per heavy atom. The Hall–Kier alpha value is -4.25. The number of rotatable bonds is 7. The third-order valence-electron chi connectivity index (χ3n) is 8.36. The van der Waals surface area contributed by atoms with Gasteiger partial charge in [-0.2, -0.15) is 9.97 Å². The minimum absolute atomic E-state index is 0.00879. The minimum atomic E-state index is -3.00. The summed E-state index contributed by atoms with van der Waals surface area (Å²) in [6.07, 6.45) is 5.16. The fourth-order valence-electron chi connectivity index (χ4n) is 6.22. The molecule has 46 heavy (non-hydrogen) atoms. The first-order chi connectivity index (χ1) is 21.6. The van der Waals surface area contributed by atoms with Crippen LogP contribution in [-0.2, 0) is 4.74 Å². The number of phenols is 1. The van der Waals surface area contributed by atoms with Crippen LogP contribution in [0.5, 0.6) is 11.8 Å². The molecule has 0 spiro atoms. The number of benzene rings is 3. The molecular formula is C33H31F5N4O4. The van der Waals surface area contributed by atoms with Gasteiger partial charge in [-0.3, -0.25) is 0 Å². The van der Waals surface area contributed by atoms with Crippen LogP contribution in [0.1, 0.15) is 18.9 Å². The van der Waals surface area contributed by atoms with Gasteiger partial charge < -0.3 is 29.5 Å². The molecule has 0 amide bonds. The number of fused-ring (bicyclic) bond motifs is 2. The number of nitrogens with zero attached hydrogens (tertiary/aromatic N) is 4. The fourth-order valence-corrected chi connectivity index (χ4v) is 6.22. The summed E-state index contributed by atoms with van der Waals surface area (Å²) in [5.74, 6) is -4.26. The Bertz CT molecular complexity index is 1910. The molecule has 8 nitrogen and oxygen atoms in total. The number of aromatic hydroxyl groups is 1. The molecule has 3 aromatic carbocycles. The highest BCUT2D eigenvalue weighted by Gasteiger charge is 2.71. The predicted molar refractivity (Wildman–Crippen MR) is 162 cm³/mol. The maximum absolute atomic E-state index is 16.7. The number of ether oxygens (including phenoxy) is 2. The first-order valence-electron chi connectivity index (χ1n) is 14.5. The maximum Gasteiger partial charge on any atom is 0.319 e. The van der Waals surface area contributed by atoms with Crippen molar-refractivity contribution in [1.29, 1.82) is 0 Å². The van der Waals surface area contributed by atoms with Gasteiger partial charge in [-0.05, 0) is 50.7 Å². The van der Waals surface area contributed by atoms with E-state index in [1.165, 1.54) is 19.1 Å². The van der Waals surface area contributed by atoms with E-state index >= 15 is 8.78 Å². The summed E-state index contributed by atoms with van der Waals surface area (Å²) >= 11 is 0. The molecule has 2 heterocycles. The Balaban J connectivity index is 1.57. The van der Waals surface area contributed by atoms with Crippen LogP contribution in [0, 0.1) is 35.2 Å². The molecule has 4 aromatic rings. The van der Waals surface area contributed by atoms with Crippen LogP contribution in [0.4, 0.5) is 27.8 Å². The standard InChI is InChI=1S/C33H31F5N4O4/c1-5-20-23(34)7-6-18-10-19(43)11-21(25(18)20)26-24(35)12-22-28(27(26)36)39-30(46-17-32(15-41(3)4)13-33(32,37)38)40-29(22)42-8-9-45-16-31(2,44)14-42/h1,6-7,10-12,43-44H,8-9,13-17H2,2-4H3/t31?,32-/m0/s1. The van der Waals surface area contributed by atoms with Gasteiger partial charge >= 0.3 is 6.01 Å². The van der Waals surface area contributed by atoms with Crippen molar-refractivity contribution in [1.82, 2.24) is 14.9 Å². The summed E-state index contributed by atoms with van der Waals surface area (Å²) in [5, 5.41) is 21.4. The number of phenolic OH excluding ortho intramolecular Hbond substituents is 1. The molecule has 13 heteroatoms. The van der Waals surface area contributed by atoms with Gasteiger partial charge in [0.25, 0.3) is 5.92 Å². The molecule has 2 atom stereocenters. The first kappa shape index (κ1) is 31.7. The molecule has 1 saturated heterocycles. The number of β-amino-alcohol motifs (C(OH)–C–C–N with tert-alkyl or cyclic N) is 1. The maximum atomic E-state index is 16.7. The highest BCUT2D eigenvalue weighted by atomic mass is 19.3. The summed E-state index contributed by atoms with van der Waals surface area (Å²) in [4.78, 5) is 11.8. The van der Waals surface area contributed by atoms with Gasteiger partial charge in [0.2, 0.25) is 0 Å². The Kier molecular flexibility index (Phi) is 7.74.